The standard InChI is InChI=1S/C16H23BrN2/c17-14-6-5-13(7-9-18)16(11-14)19-10-8-12-3-1-2-4-15(12)19/h5-6,11-12,15H,1-4,7-10,18H2. The van der Waals surface area contributed by atoms with Crippen molar-refractivity contribution in [2.24, 2.45) is 11.7 Å². The number of hydrogen-bond donors (Lipinski definition) is 1. The molecular weight excluding hydrogens is 300 g/mol. The molecule has 2 unspecified atom stereocenters. The normalized spacial score (nSPS) is 26.5. The molecule has 1 aromatic rings. The molecule has 3 heteroatoms. The first kappa shape index (κ1) is 13.4. The van der Waals surface area contributed by atoms with Gasteiger partial charge in [0.25, 0.3) is 0 Å². The highest BCUT2D eigenvalue weighted by Gasteiger charge is 2.36. The van der Waals surface area contributed by atoms with Crippen LogP contribution in [0, 0.1) is 5.92 Å². The number of rotatable bonds is 3. The van der Waals surface area contributed by atoms with Crippen LogP contribution in [-0.2, 0) is 6.42 Å². The smallest absolute Gasteiger partial charge is 0.0413 e. The molecule has 2 nitrogen and oxygen atoms in total. The van der Waals surface area contributed by atoms with Gasteiger partial charge in [-0.15, -0.1) is 0 Å². The monoisotopic (exact) mass is 322 g/mol. The summed E-state index contributed by atoms with van der Waals surface area (Å²) in [5.74, 6) is 0.929. The van der Waals surface area contributed by atoms with Crippen molar-refractivity contribution in [2.75, 3.05) is 18.0 Å². The van der Waals surface area contributed by atoms with Gasteiger partial charge in [0.2, 0.25) is 0 Å². The van der Waals surface area contributed by atoms with Crippen LogP contribution < -0.4 is 10.6 Å². The van der Waals surface area contributed by atoms with Crippen molar-refractivity contribution >= 4 is 21.6 Å². The Balaban J connectivity index is 1.90. The number of benzene rings is 1. The topological polar surface area (TPSA) is 29.3 Å². The molecule has 104 valence electrons. The Hall–Kier alpha value is -0.540. The highest BCUT2D eigenvalue weighted by atomic mass is 79.9. The molecule has 1 aliphatic heterocycles. The third-order valence-electron chi connectivity index (χ3n) is 4.78. The third-order valence-corrected chi connectivity index (χ3v) is 5.27. The zero-order chi connectivity index (χ0) is 13.2. The molecule has 0 radical (unpaired) electrons. The Kier molecular flexibility index (Phi) is 4.13. The van der Waals surface area contributed by atoms with Gasteiger partial charge < -0.3 is 10.6 Å². The van der Waals surface area contributed by atoms with Crippen LogP contribution in [0.1, 0.15) is 37.7 Å². The SMILES string of the molecule is NCCc1ccc(Br)cc1N1CCC2CCCCC21. The first-order valence-corrected chi connectivity index (χ1v) is 8.34. The maximum Gasteiger partial charge on any atom is 0.0413 e. The van der Waals surface area contributed by atoms with Crippen molar-refractivity contribution in [2.45, 2.75) is 44.6 Å². The Morgan fingerprint density at radius 3 is 2.89 bits per heavy atom. The minimum Gasteiger partial charge on any atom is -0.368 e. The van der Waals surface area contributed by atoms with Gasteiger partial charge in [0.1, 0.15) is 0 Å². The van der Waals surface area contributed by atoms with Gasteiger partial charge in [-0.05, 0) is 55.8 Å². The largest absolute Gasteiger partial charge is 0.368 e. The van der Waals surface area contributed by atoms with E-state index in [0.29, 0.717) is 0 Å². The molecule has 2 aliphatic rings. The second-order valence-electron chi connectivity index (χ2n) is 5.91. The summed E-state index contributed by atoms with van der Waals surface area (Å²) in [6.45, 7) is 1.96. The lowest BCUT2D eigenvalue weighted by Gasteiger charge is -2.34. The van der Waals surface area contributed by atoms with E-state index in [-0.39, 0.29) is 0 Å². The van der Waals surface area contributed by atoms with Gasteiger partial charge in [0.05, 0.1) is 0 Å². The predicted molar refractivity (Wildman–Crippen MR) is 84.6 cm³/mol. The van der Waals surface area contributed by atoms with E-state index in [4.69, 9.17) is 5.73 Å². The van der Waals surface area contributed by atoms with E-state index >= 15 is 0 Å². The van der Waals surface area contributed by atoms with Crippen molar-refractivity contribution in [1.29, 1.82) is 0 Å². The summed E-state index contributed by atoms with van der Waals surface area (Å²) in [5.41, 5.74) is 8.61. The molecule has 2 atom stereocenters. The van der Waals surface area contributed by atoms with Gasteiger partial charge in [-0.3, -0.25) is 0 Å². The molecule has 19 heavy (non-hydrogen) atoms. The molecule has 1 aliphatic carbocycles. The Bertz CT molecular complexity index is 446. The molecule has 2 fully saturated rings. The van der Waals surface area contributed by atoms with Crippen LogP contribution in [0.25, 0.3) is 0 Å². The van der Waals surface area contributed by atoms with Gasteiger partial charge in [-0.1, -0.05) is 34.8 Å². The minimum absolute atomic E-state index is 0.733. The summed E-state index contributed by atoms with van der Waals surface area (Å²) < 4.78 is 1.18. The number of nitrogens with two attached hydrogens (primary N) is 1. The van der Waals surface area contributed by atoms with E-state index in [1.807, 2.05) is 0 Å². The first-order valence-electron chi connectivity index (χ1n) is 7.54. The molecule has 1 aromatic carbocycles. The van der Waals surface area contributed by atoms with E-state index in [9.17, 15) is 0 Å². The van der Waals surface area contributed by atoms with Gasteiger partial charge in [-0.25, -0.2) is 0 Å². The summed E-state index contributed by atoms with van der Waals surface area (Å²) in [5, 5.41) is 0. The van der Waals surface area contributed by atoms with Gasteiger partial charge in [0, 0.05) is 22.7 Å². The molecule has 2 N–H and O–H groups in total. The molecule has 0 bridgehead atoms. The quantitative estimate of drug-likeness (QED) is 0.919. The lowest BCUT2D eigenvalue weighted by Crippen LogP contribution is -2.35. The number of fused-ring (bicyclic) bond motifs is 1. The summed E-state index contributed by atoms with van der Waals surface area (Å²) in [6.07, 6.45) is 8.00. The molecular formula is C16H23BrN2. The molecule has 3 rings (SSSR count). The van der Waals surface area contributed by atoms with Crippen molar-refractivity contribution in [1.82, 2.24) is 0 Å². The second-order valence-corrected chi connectivity index (χ2v) is 6.82. The second kappa shape index (κ2) is 5.84. The minimum atomic E-state index is 0.733. The van der Waals surface area contributed by atoms with Crippen molar-refractivity contribution < 1.29 is 0 Å². The average molecular weight is 323 g/mol. The zero-order valence-corrected chi connectivity index (χ0v) is 13.0. The number of anilines is 1. The predicted octanol–water partition coefficient (Wildman–Crippen LogP) is 3.72. The highest BCUT2D eigenvalue weighted by Crippen LogP contribution is 2.40. The van der Waals surface area contributed by atoms with Crippen LogP contribution in [0.2, 0.25) is 0 Å². The highest BCUT2D eigenvalue weighted by molar-refractivity contribution is 9.10. The zero-order valence-electron chi connectivity index (χ0n) is 11.4. The van der Waals surface area contributed by atoms with Crippen molar-refractivity contribution in [3.05, 3.63) is 28.2 Å². The first-order chi connectivity index (χ1) is 9.29. The van der Waals surface area contributed by atoms with E-state index in [0.717, 1.165) is 24.9 Å². The number of nitrogens with zero attached hydrogens (tertiary/aromatic N) is 1. The van der Waals surface area contributed by atoms with Crippen molar-refractivity contribution in [3.63, 3.8) is 0 Å². The van der Waals surface area contributed by atoms with Crippen LogP contribution in [-0.4, -0.2) is 19.1 Å². The number of halogens is 1. The number of hydrogen-bond acceptors (Lipinski definition) is 2. The molecule has 0 amide bonds. The third kappa shape index (κ3) is 2.68. The summed E-state index contributed by atoms with van der Waals surface area (Å²) in [6, 6.07) is 7.45. The Morgan fingerprint density at radius 1 is 1.21 bits per heavy atom. The van der Waals surface area contributed by atoms with Crippen LogP contribution in [0.5, 0.6) is 0 Å². The summed E-state index contributed by atoms with van der Waals surface area (Å²) in [7, 11) is 0. The van der Waals surface area contributed by atoms with Crippen molar-refractivity contribution in [3.8, 4) is 0 Å². The van der Waals surface area contributed by atoms with Gasteiger partial charge >= 0.3 is 0 Å². The lowest BCUT2D eigenvalue weighted by molar-refractivity contribution is 0.342. The Morgan fingerprint density at radius 2 is 2.05 bits per heavy atom. The van der Waals surface area contributed by atoms with Crippen LogP contribution in [0.3, 0.4) is 0 Å². The molecule has 0 spiro atoms. The van der Waals surface area contributed by atoms with Crippen LogP contribution >= 0.6 is 15.9 Å². The molecule has 1 saturated carbocycles. The average Bonchev–Trinajstić information content (AvgIpc) is 2.85. The van der Waals surface area contributed by atoms with E-state index in [1.54, 1.807) is 0 Å². The molecule has 1 saturated heterocycles. The lowest BCUT2D eigenvalue weighted by atomic mass is 9.85. The maximum atomic E-state index is 5.77. The summed E-state index contributed by atoms with van der Waals surface area (Å²) >= 11 is 3.62. The van der Waals surface area contributed by atoms with Crippen LogP contribution in [0.15, 0.2) is 22.7 Å². The van der Waals surface area contributed by atoms with Crippen LogP contribution in [0.4, 0.5) is 5.69 Å². The summed E-state index contributed by atoms with van der Waals surface area (Å²) in [4.78, 5) is 2.67. The van der Waals surface area contributed by atoms with Gasteiger partial charge in [-0.2, -0.15) is 0 Å². The molecule has 1 heterocycles. The fourth-order valence-electron chi connectivity index (χ4n) is 3.88. The maximum absolute atomic E-state index is 5.77. The van der Waals surface area contributed by atoms with Gasteiger partial charge in [0.15, 0.2) is 0 Å². The van der Waals surface area contributed by atoms with E-state index < -0.39 is 0 Å². The fourth-order valence-corrected chi connectivity index (χ4v) is 4.23. The fraction of sp³-hybridized carbons (Fsp3) is 0.625. The van der Waals surface area contributed by atoms with E-state index in [1.165, 1.54) is 54.4 Å². The molecule has 0 aromatic heterocycles. The van der Waals surface area contributed by atoms with E-state index in [2.05, 4.69) is 39.0 Å². The Labute approximate surface area is 124 Å².